The first kappa shape index (κ1) is 25.6. The number of carbonyl (C=O) groups is 2. The maximum atomic E-state index is 12.6. The van der Waals surface area contributed by atoms with E-state index in [1.807, 2.05) is 48.5 Å². The Hall–Kier alpha value is -5.06. The molecule has 0 atom stereocenters. The van der Waals surface area contributed by atoms with E-state index >= 15 is 0 Å². The maximum absolute atomic E-state index is 12.6. The smallest absolute Gasteiger partial charge is 0.323 e. The number of hydrogen-bond donors (Lipinski definition) is 7. The van der Waals surface area contributed by atoms with E-state index in [1.54, 1.807) is 18.2 Å². The third-order valence-electron chi connectivity index (χ3n) is 6.10. The second-order valence-electron chi connectivity index (χ2n) is 9.18. The number of benzene rings is 3. The van der Waals surface area contributed by atoms with Gasteiger partial charge in [0.2, 0.25) is 0 Å². The van der Waals surface area contributed by atoms with Crippen LogP contribution in [0.4, 0.5) is 38.0 Å². The van der Waals surface area contributed by atoms with Crippen molar-refractivity contribution in [1.29, 1.82) is 0 Å². The summed E-state index contributed by atoms with van der Waals surface area (Å²) in [6, 6.07) is 18.9. The summed E-state index contributed by atoms with van der Waals surface area (Å²) in [6.45, 7) is 3.43. The lowest BCUT2D eigenvalue weighted by Crippen LogP contribution is -2.30. The molecule has 2 aliphatic heterocycles. The van der Waals surface area contributed by atoms with Crippen LogP contribution in [-0.2, 0) is 0 Å². The van der Waals surface area contributed by atoms with E-state index in [9.17, 15) is 9.59 Å². The summed E-state index contributed by atoms with van der Waals surface area (Å²) in [5.41, 5.74) is 10.5. The summed E-state index contributed by atoms with van der Waals surface area (Å²) in [5.74, 6) is 1.73. The molecule has 0 unspecified atom stereocenters. The molecule has 0 radical (unpaired) electrons. The van der Waals surface area contributed by atoms with Crippen LogP contribution in [-0.4, -0.2) is 49.9 Å². The molecule has 39 heavy (non-hydrogen) atoms. The molecule has 2 aliphatic rings. The third kappa shape index (κ3) is 7.04. The predicted molar refractivity (Wildman–Crippen MR) is 157 cm³/mol. The predicted octanol–water partition coefficient (Wildman–Crippen LogP) is 4.04. The number of nitrogen functional groups attached to an aromatic ring is 1. The zero-order valence-corrected chi connectivity index (χ0v) is 21.4. The van der Waals surface area contributed by atoms with Crippen LogP contribution < -0.4 is 37.6 Å². The van der Waals surface area contributed by atoms with E-state index in [2.05, 4.69) is 41.9 Å². The highest BCUT2D eigenvalue weighted by Crippen LogP contribution is 2.22. The number of urea groups is 2. The molecule has 4 amide bonds. The molecular formula is C28H31N9O2. The van der Waals surface area contributed by atoms with E-state index in [4.69, 9.17) is 5.73 Å². The SMILES string of the molecule is Nc1cc(NC(=O)Nc2ccc(C3=NCCCN3)cc2)cc(NC(=O)Nc2ccc(C3=NCCCN3)cc2)c1. The lowest BCUT2D eigenvalue weighted by Gasteiger charge is -2.15. The summed E-state index contributed by atoms with van der Waals surface area (Å²) < 4.78 is 0. The van der Waals surface area contributed by atoms with Crippen molar-refractivity contribution in [3.63, 3.8) is 0 Å². The van der Waals surface area contributed by atoms with Crippen molar-refractivity contribution in [3.05, 3.63) is 77.9 Å². The molecule has 11 nitrogen and oxygen atoms in total. The Bertz CT molecular complexity index is 1300. The number of amides is 4. The maximum Gasteiger partial charge on any atom is 0.323 e. The molecule has 11 heteroatoms. The third-order valence-corrected chi connectivity index (χ3v) is 6.10. The number of amidine groups is 2. The molecule has 0 saturated carbocycles. The Morgan fingerprint density at radius 2 is 1.03 bits per heavy atom. The molecule has 0 saturated heterocycles. The molecule has 0 aromatic heterocycles. The second-order valence-corrected chi connectivity index (χ2v) is 9.18. The van der Waals surface area contributed by atoms with Crippen LogP contribution in [0.1, 0.15) is 24.0 Å². The second kappa shape index (κ2) is 12.0. The van der Waals surface area contributed by atoms with Crippen LogP contribution in [0.5, 0.6) is 0 Å². The lowest BCUT2D eigenvalue weighted by molar-refractivity contribution is 0.261. The molecule has 8 N–H and O–H groups in total. The van der Waals surface area contributed by atoms with Gasteiger partial charge in [-0.2, -0.15) is 0 Å². The van der Waals surface area contributed by atoms with Crippen LogP contribution in [0.2, 0.25) is 0 Å². The van der Waals surface area contributed by atoms with E-state index < -0.39 is 12.1 Å². The Morgan fingerprint density at radius 3 is 1.41 bits per heavy atom. The van der Waals surface area contributed by atoms with Crippen LogP contribution in [0.3, 0.4) is 0 Å². The highest BCUT2D eigenvalue weighted by Gasteiger charge is 2.11. The van der Waals surface area contributed by atoms with Crippen LogP contribution in [0.25, 0.3) is 0 Å². The molecule has 200 valence electrons. The van der Waals surface area contributed by atoms with Gasteiger partial charge in [-0.25, -0.2) is 9.59 Å². The Morgan fingerprint density at radius 1 is 0.615 bits per heavy atom. The number of rotatable bonds is 6. The van der Waals surface area contributed by atoms with E-state index in [-0.39, 0.29) is 0 Å². The van der Waals surface area contributed by atoms with Crippen LogP contribution in [0.15, 0.2) is 76.7 Å². The fourth-order valence-corrected chi connectivity index (χ4v) is 4.26. The normalized spacial score (nSPS) is 14.6. The van der Waals surface area contributed by atoms with Gasteiger partial charge in [0.1, 0.15) is 11.7 Å². The highest BCUT2D eigenvalue weighted by molar-refractivity contribution is 6.04. The quantitative estimate of drug-likeness (QED) is 0.242. The monoisotopic (exact) mass is 525 g/mol. The zero-order valence-electron chi connectivity index (χ0n) is 21.4. The Labute approximate surface area is 226 Å². The first-order chi connectivity index (χ1) is 19.0. The molecule has 0 fully saturated rings. The molecule has 2 heterocycles. The van der Waals surface area contributed by atoms with Gasteiger partial charge < -0.3 is 37.6 Å². The van der Waals surface area contributed by atoms with E-state index in [0.29, 0.717) is 28.4 Å². The number of carbonyl (C=O) groups excluding carboxylic acids is 2. The average Bonchev–Trinajstić information content (AvgIpc) is 2.94. The average molecular weight is 526 g/mol. The van der Waals surface area contributed by atoms with Crippen molar-refractivity contribution in [1.82, 2.24) is 10.6 Å². The summed E-state index contributed by atoms with van der Waals surface area (Å²) in [5, 5.41) is 17.7. The fourth-order valence-electron chi connectivity index (χ4n) is 4.26. The summed E-state index contributed by atoms with van der Waals surface area (Å²) in [7, 11) is 0. The van der Waals surface area contributed by atoms with Gasteiger partial charge in [-0.15, -0.1) is 0 Å². The minimum Gasteiger partial charge on any atom is -0.399 e. The van der Waals surface area contributed by atoms with Crippen molar-refractivity contribution in [3.8, 4) is 0 Å². The van der Waals surface area contributed by atoms with Gasteiger partial charge in [0.25, 0.3) is 0 Å². The van der Waals surface area contributed by atoms with Gasteiger partial charge in [-0.3, -0.25) is 9.98 Å². The van der Waals surface area contributed by atoms with Gasteiger partial charge in [-0.1, -0.05) is 0 Å². The van der Waals surface area contributed by atoms with Crippen molar-refractivity contribution >= 4 is 52.2 Å². The fraction of sp³-hybridized carbons (Fsp3) is 0.214. The van der Waals surface area contributed by atoms with Gasteiger partial charge in [0, 0.05) is 65.7 Å². The topological polar surface area (TPSA) is 157 Å². The minimum atomic E-state index is -0.436. The van der Waals surface area contributed by atoms with Gasteiger partial charge in [0.05, 0.1) is 0 Å². The van der Waals surface area contributed by atoms with Gasteiger partial charge >= 0.3 is 12.1 Å². The molecule has 0 aliphatic carbocycles. The van der Waals surface area contributed by atoms with Crippen molar-refractivity contribution < 1.29 is 9.59 Å². The molecule has 3 aromatic carbocycles. The summed E-state index contributed by atoms with van der Waals surface area (Å²) in [6.07, 6.45) is 2.05. The van der Waals surface area contributed by atoms with Crippen LogP contribution >= 0.6 is 0 Å². The van der Waals surface area contributed by atoms with E-state index in [1.165, 1.54) is 0 Å². The number of nitrogens with zero attached hydrogens (tertiary/aromatic N) is 2. The van der Waals surface area contributed by atoms with Crippen molar-refractivity contribution in [2.24, 2.45) is 9.98 Å². The first-order valence-corrected chi connectivity index (χ1v) is 12.9. The first-order valence-electron chi connectivity index (χ1n) is 12.9. The van der Waals surface area contributed by atoms with Crippen molar-refractivity contribution in [2.45, 2.75) is 12.8 Å². The number of hydrogen-bond acceptors (Lipinski definition) is 7. The summed E-state index contributed by atoms with van der Waals surface area (Å²) in [4.78, 5) is 34.1. The van der Waals surface area contributed by atoms with Crippen LogP contribution in [0, 0.1) is 0 Å². The molecule has 5 rings (SSSR count). The Kier molecular flexibility index (Phi) is 7.87. The summed E-state index contributed by atoms with van der Waals surface area (Å²) >= 11 is 0. The number of nitrogens with one attached hydrogen (secondary N) is 6. The standard InChI is InChI=1S/C28H31N9O2/c29-20-15-23(36-27(38)34-21-7-3-18(4-8-21)25-30-11-1-12-31-25)17-24(16-20)37-28(39)35-22-9-5-19(6-10-22)26-32-13-2-14-33-26/h3-10,15-17H,1-2,11-14,29H2,(H,30,31)(H,32,33)(H2,34,36,38)(H2,35,37,39). The molecule has 0 bridgehead atoms. The van der Waals surface area contributed by atoms with E-state index in [0.717, 1.165) is 61.8 Å². The van der Waals surface area contributed by atoms with Gasteiger partial charge in [-0.05, 0) is 79.6 Å². The molecule has 3 aromatic rings. The minimum absolute atomic E-state index is 0.387. The number of anilines is 5. The lowest BCUT2D eigenvalue weighted by atomic mass is 10.1. The Balaban J connectivity index is 1.15. The molecule has 0 spiro atoms. The largest absolute Gasteiger partial charge is 0.399 e. The number of aliphatic imine (C=N–C) groups is 2. The van der Waals surface area contributed by atoms with Gasteiger partial charge in [0.15, 0.2) is 0 Å². The highest BCUT2D eigenvalue weighted by atomic mass is 16.2. The van der Waals surface area contributed by atoms with Crippen molar-refractivity contribution in [2.75, 3.05) is 53.2 Å². The number of nitrogens with two attached hydrogens (primary N) is 1. The zero-order chi connectivity index (χ0) is 27.0. The molecular weight excluding hydrogens is 494 g/mol.